The maximum atomic E-state index is 12.9. The van der Waals surface area contributed by atoms with E-state index < -0.39 is 23.4 Å². The van der Waals surface area contributed by atoms with E-state index in [1.807, 2.05) is 24.3 Å². The normalized spacial score (nSPS) is 18.0. The number of amides is 3. The van der Waals surface area contributed by atoms with Crippen LogP contribution >= 0.6 is 0 Å². The molecule has 2 aliphatic rings. The fraction of sp³-hybridized carbons (Fsp3) is 0.400. The summed E-state index contributed by atoms with van der Waals surface area (Å²) in [6.07, 6.45) is -3.65. The summed E-state index contributed by atoms with van der Waals surface area (Å²) in [5, 5.41) is 5.50. The molecular weight excluding hydrogens is 445 g/mol. The van der Waals surface area contributed by atoms with Crippen LogP contribution < -0.4 is 10.6 Å². The van der Waals surface area contributed by atoms with Gasteiger partial charge in [0.15, 0.2) is 0 Å². The molecule has 0 radical (unpaired) electrons. The van der Waals surface area contributed by atoms with Gasteiger partial charge in [-0.3, -0.25) is 9.79 Å². The zero-order valence-corrected chi connectivity index (χ0v) is 19.3. The van der Waals surface area contributed by atoms with E-state index >= 15 is 0 Å². The van der Waals surface area contributed by atoms with Gasteiger partial charge in [0, 0.05) is 37.2 Å². The molecule has 0 aromatic heterocycles. The molecule has 0 atom stereocenters. The number of carbonyl (C=O) groups is 2. The molecule has 0 unspecified atom stereocenters. The fourth-order valence-electron chi connectivity index (χ4n) is 4.18. The summed E-state index contributed by atoms with van der Waals surface area (Å²) in [6.45, 7) is 6.98. The Balaban J connectivity index is 1.41. The van der Waals surface area contributed by atoms with Crippen LogP contribution in [-0.4, -0.2) is 41.3 Å². The van der Waals surface area contributed by atoms with Crippen LogP contribution in [0.1, 0.15) is 50.3 Å². The standard InChI is InChI=1S/C25H27F3N4O2/c1-23(2,3)17-9-7-16(8-10-17)20-21(33)31-24(30-20)11-13-32(14-12-24)22(34)29-19-6-4-5-18(15-19)25(26,27)28/h4-10,15H,11-14H2,1-3H3,(H,29,34)(H,31,33). The van der Waals surface area contributed by atoms with Crippen molar-refractivity contribution in [2.45, 2.75) is 50.9 Å². The molecule has 180 valence electrons. The fourth-order valence-corrected chi connectivity index (χ4v) is 4.18. The first-order chi connectivity index (χ1) is 15.9. The average Bonchev–Trinajstić information content (AvgIpc) is 3.09. The molecule has 6 nitrogen and oxygen atoms in total. The van der Waals surface area contributed by atoms with Gasteiger partial charge in [0.25, 0.3) is 5.91 Å². The third-order valence-electron chi connectivity index (χ3n) is 6.23. The van der Waals surface area contributed by atoms with Crippen LogP contribution in [0.2, 0.25) is 0 Å². The minimum atomic E-state index is -4.48. The van der Waals surface area contributed by atoms with Crippen LogP contribution in [0, 0.1) is 0 Å². The Hall–Kier alpha value is -3.36. The lowest BCUT2D eigenvalue weighted by molar-refractivity contribution is -0.137. The van der Waals surface area contributed by atoms with Gasteiger partial charge in [0.05, 0.1) is 5.56 Å². The van der Waals surface area contributed by atoms with Gasteiger partial charge in [-0.05, 0) is 29.2 Å². The highest BCUT2D eigenvalue weighted by molar-refractivity contribution is 6.46. The smallest absolute Gasteiger partial charge is 0.326 e. The van der Waals surface area contributed by atoms with Crippen molar-refractivity contribution in [3.63, 3.8) is 0 Å². The van der Waals surface area contributed by atoms with E-state index in [-0.39, 0.29) is 17.0 Å². The molecule has 9 heteroatoms. The van der Waals surface area contributed by atoms with Gasteiger partial charge >= 0.3 is 12.2 Å². The van der Waals surface area contributed by atoms with Crippen molar-refractivity contribution < 1.29 is 22.8 Å². The number of piperidine rings is 1. The van der Waals surface area contributed by atoms with Crippen LogP contribution in [0.15, 0.2) is 53.5 Å². The van der Waals surface area contributed by atoms with Gasteiger partial charge in [0.2, 0.25) is 0 Å². The van der Waals surface area contributed by atoms with Crippen LogP contribution in [0.4, 0.5) is 23.7 Å². The van der Waals surface area contributed by atoms with Gasteiger partial charge in [0.1, 0.15) is 11.4 Å². The molecule has 0 bridgehead atoms. The van der Waals surface area contributed by atoms with E-state index in [2.05, 4.69) is 31.4 Å². The lowest BCUT2D eigenvalue weighted by Crippen LogP contribution is -2.53. The maximum absolute atomic E-state index is 12.9. The Bertz CT molecular complexity index is 1130. The first kappa shape index (κ1) is 23.8. The molecule has 2 aromatic carbocycles. The van der Waals surface area contributed by atoms with E-state index in [0.29, 0.717) is 31.6 Å². The Morgan fingerprint density at radius 2 is 1.68 bits per heavy atom. The van der Waals surface area contributed by atoms with Crippen LogP contribution in [0.5, 0.6) is 0 Å². The van der Waals surface area contributed by atoms with E-state index in [4.69, 9.17) is 4.99 Å². The van der Waals surface area contributed by atoms with Crippen molar-refractivity contribution in [2.75, 3.05) is 18.4 Å². The number of urea groups is 1. The van der Waals surface area contributed by atoms with Crippen molar-refractivity contribution in [1.82, 2.24) is 10.2 Å². The molecule has 0 aliphatic carbocycles. The molecular formula is C25H27F3N4O2. The van der Waals surface area contributed by atoms with Crippen molar-refractivity contribution in [1.29, 1.82) is 0 Å². The van der Waals surface area contributed by atoms with Crippen LogP contribution in [0.25, 0.3) is 0 Å². The van der Waals surface area contributed by atoms with Gasteiger partial charge in [-0.15, -0.1) is 0 Å². The largest absolute Gasteiger partial charge is 0.416 e. The summed E-state index contributed by atoms with van der Waals surface area (Å²) in [7, 11) is 0. The monoisotopic (exact) mass is 472 g/mol. The highest BCUT2D eigenvalue weighted by Crippen LogP contribution is 2.32. The number of benzene rings is 2. The maximum Gasteiger partial charge on any atom is 0.416 e. The average molecular weight is 473 g/mol. The van der Waals surface area contributed by atoms with Crippen molar-refractivity contribution in [3.05, 3.63) is 65.2 Å². The number of hydrogen-bond donors (Lipinski definition) is 2. The molecule has 1 spiro atoms. The molecule has 2 heterocycles. The Morgan fingerprint density at radius 1 is 1.03 bits per heavy atom. The number of likely N-dealkylation sites (tertiary alicyclic amines) is 1. The third kappa shape index (κ3) is 4.93. The number of nitrogens with zero attached hydrogens (tertiary/aromatic N) is 2. The number of carbonyl (C=O) groups excluding carboxylic acids is 2. The zero-order valence-electron chi connectivity index (χ0n) is 19.3. The SMILES string of the molecule is CC(C)(C)c1ccc(C2=NC3(CCN(C(=O)Nc4cccc(C(F)(F)F)c4)CC3)NC2=O)cc1. The Morgan fingerprint density at radius 3 is 2.26 bits per heavy atom. The Labute approximate surface area is 196 Å². The number of alkyl halides is 3. The first-order valence-corrected chi connectivity index (χ1v) is 11.1. The van der Waals surface area contributed by atoms with Gasteiger partial charge in [-0.2, -0.15) is 13.2 Å². The van der Waals surface area contributed by atoms with E-state index in [1.165, 1.54) is 17.0 Å². The number of aliphatic imine (C=N–C) groups is 1. The second-order valence-electron chi connectivity index (χ2n) is 9.77. The second kappa shape index (κ2) is 8.45. The molecule has 1 fully saturated rings. The molecule has 2 aromatic rings. The molecule has 2 N–H and O–H groups in total. The number of halogens is 3. The lowest BCUT2D eigenvalue weighted by Gasteiger charge is -2.37. The van der Waals surface area contributed by atoms with Crippen molar-refractivity contribution in [3.8, 4) is 0 Å². The number of rotatable bonds is 2. The number of nitrogens with one attached hydrogen (secondary N) is 2. The second-order valence-corrected chi connectivity index (χ2v) is 9.77. The molecule has 0 saturated carbocycles. The topological polar surface area (TPSA) is 73.8 Å². The van der Waals surface area contributed by atoms with E-state index in [0.717, 1.165) is 23.3 Å². The van der Waals surface area contributed by atoms with Gasteiger partial charge in [-0.25, -0.2) is 4.79 Å². The predicted octanol–water partition coefficient (Wildman–Crippen LogP) is 4.95. The molecule has 1 saturated heterocycles. The van der Waals surface area contributed by atoms with E-state index in [9.17, 15) is 22.8 Å². The molecule has 3 amide bonds. The summed E-state index contributed by atoms with van der Waals surface area (Å²) in [4.78, 5) is 31.5. The van der Waals surface area contributed by atoms with Crippen LogP contribution in [-0.2, 0) is 16.4 Å². The molecule has 2 aliphatic heterocycles. The van der Waals surface area contributed by atoms with Crippen LogP contribution in [0.3, 0.4) is 0 Å². The highest BCUT2D eigenvalue weighted by Gasteiger charge is 2.43. The van der Waals surface area contributed by atoms with Crippen molar-refractivity contribution >= 4 is 23.3 Å². The van der Waals surface area contributed by atoms with Gasteiger partial charge < -0.3 is 15.5 Å². The first-order valence-electron chi connectivity index (χ1n) is 11.1. The lowest BCUT2D eigenvalue weighted by atomic mass is 9.86. The van der Waals surface area contributed by atoms with E-state index in [1.54, 1.807) is 0 Å². The summed E-state index contributed by atoms with van der Waals surface area (Å²) >= 11 is 0. The summed E-state index contributed by atoms with van der Waals surface area (Å²) in [5.41, 5.74) is 0.755. The minimum absolute atomic E-state index is 0.000953. The minimum Gasteiger partial charge on any atom is -0.326 e. The molecule has 4 rings (SSSR count). The summed E-state index contributed by atoms with van der Waals surface area (Å²) in [5.74, 6) is -0.245. The quantitative estimate of drug-likeness (QED) is 0.649. The molecule has 34 heavy (non-hydrogen) atoms. The summed E-state index contributed by atoms with van der Waals surface area (Å²) in [6, 6.07) is 11.8. The number of hydrogen-bond acceptors (Lipinski definition) is 3. The number of anilines is 1. The highest BCUT2D eigenvalue weighted by atomic mass is 19.4. The third-order valence-corrected chi connectivity index (χ3v) is 6.23. The Kier molecular flexibility index (Phi) is 5.91. The zero-order chi connectivity index (χ0) is 24.7. The van der Waals surface area contributed by atoms with Crippen molar-refractivity contribution in [2.24, 2.45) is 4.99 Å². The summed E-state index contributed by atoms with van der Waals surface area (Å²) < 4.78 is 38.8. The van der Waals surface area contributed by atoms with Gasteiger partial charge in [-0.1, -0.05) is 51.1 Å². The predicted molar refractivity (Wildman–Crippen MR) is 124 cm³/mol.